The smallest absolute Gasteiger partial charge is 0.408 e. The van der Waals surface area contributed by atoms with Gasteiger partial charge in [-0.05, 0) is 31.4 Å². The standard InChI is InChI=1S/C19H16Cl2F4N4O3/c20-11-2-1-10(3-12(11)22)32-5-14(30)28-18-6-17(7-18,8-18)27-13-4-26-29(9-19(23,24)25)16(31)15(13)21/h1-4,27H,5-9H2,(H,28,30). The van der Waals surface area contributed by atoms with Crippen LogP contribution in [0.3, 0.4) is 0 Å². The number of benzene rings is 1. The number of nitrogens with zero attached hydrogens (tertiary/aromatic N) is 2. The van der Waals surface area contributed by atoms with E-state index in [4.69, 9.17) is 27.9 Å². The number of anilines is 1. The van der Waals surface area contributed by atoms with Gasteiger partial charge in [-0.3, -0.25) is 9.59 Å². The normalized spacial score (nSPS) is 23.7. The number of carbonyl (C=O) groups is 1. The van der Waals surface area contributed by atoms with Crippen molar-refractivity contribution in [3.63, 3.8) is 0 Å². The molecule has 1 amide bonds. The predicted molar refractivity (Wildman–Crippen MR) is 108 cm³/mol. The molecule has 3 fully saturated rings. The highest BCUT2D eigenvalue weighted by atomic mass is 35.5. The first kappa shape index (κ1) is 22.7. The van der Waals surface area contributed by atoms with Crippen molar-refractivity contribution in [3.8, 4) is 5.75 Å². The monoisotopic (exact) mass is 494 g/mol. The Hall–Kier alpha value is -2.53. The first-order valence-electron chi connectivity index (χ1n) is 9.39. The van der Waals surface area contributed by atoms with E-state index in [9.17, 15) is 27.2 Å². The Morgan fingerprint density at radius 2 is 1.91 bits per heavy atom. The summed E-state index contributed by atoms with van der Waals surface area (Å²) in [5, 5.41) is 9.02. The topological polar surface area (TPSA) is 85.2 Å². The van der Waals surface area contributed by atoms with Crippen molar-refractivity contribution >= 4 is 34.8 Å². The predicted octanol–water partition coefficient (Wildman–Crippen LogP) is 3.53. The van der Waals surface area contributed by atoms with E-state index in [2.05, 4.69) is 15.7 Å². The van der Waals surface area contributed by atoms with Gasteiger partial charge in [-0.2, -0.15) is 18.3 Å². The fraction of sp³-hybridized carbons (Fsp3) is 0.421. The Morgan fingerprint density at radius 1 is 1.22 bits per heavy atom. The maximum absolute atomic E-state index is 13.4. The molecule has 0 aliphatic heterocycles. The van der Waals surface area contributed by atoms with Crippen molar-refractivity contribution in [1.82, 2.24) is 15.1 Å². The minimum absolute atomic E-state index is 0.0542. The number of amides is 1. The molecule has 0 atom stereocenters. The van der Waals surface area contributed by atoms with Gasteiger partial charge in [-0.25, -0.2) is 9.07 Å². The summed E-state index contributed by atoms with van der Waals surface area (Å²) in [6, 6.07) is 3.84. The Labute approximate surface area is 188 Å². The van der Waals surface area contributed by atoms with Crippen molar-refractivity contribution < 1.29 is 27.1 Å². The minimum Gasteiger partial charge on any atom is -0.484 e. The number of hydrogen-bond acceptors (Lipinski definition) is 5. The second-order valence-corrected chi connectivity index (χ2v) is 8.86. The minimum atomic E-state index is -4.60. The number of carbonyl (C=O) groups excluding carboxylic acids is 1. The Balaban J connectivity index is 1.29. The molecule has 1 aromatic carbocycles. The summed E-state index contributed by atoms with van der Waals surface area (Å²) in [5.41, 5.74) is -1.77. The molecule has 0 spiro atoms. The summed E-state index contributed by atoms with van der Waals surface area (Å²) in [6.07, 6.45) is -1.92. The number of ether oxygens (including phenoxy) is 1. The first-order valence-corrected chi connectivity index (χ1v) is 10.1. The number of rotatable bonds is 7. The van der Waals surface area contributed by atoms with Crippen molar-refractivity contribution in [3.05, 3.63) is 50.6 Å². The molecule has 2 N–H and O–H groups in total. The van der Waals surface area contributed by atoms with Crippen LogP contribution in [0.1, 0.15) is 19.3 Å². The highest BCUT2D eigenvalue weighted by Gasteiger charge is 2.68. The van der Waals surface area contributed by atoms with Crippen LogP contribution in [0, 0.1) is 5.82 Å². The van der Waals surface area contributed by atoms with E-state index in [1.807, 2.05) is 0 Å². The second-order valence-electron chi connectivity index (χ2n) is 8.08. The van der Waals surface area contributed by atoms with Gasteiger partial charge >= 0.3 is 6.18 Å². The number of halogens is 6. The zero-order chi connectivity index (χ0) is 23.3. The lowest BCUT2D eigenvalue weighted by atomic mass is 9.44. The van der Waals surface area contributed by atoms with E-state index < -0.39 is 35.2 Å². The maximum atomic E-state index is 13.4. The summed E-state index contributed by atoms with van der Waals surface area (Å²) in [5.74, 6) is -0.875. The summed E-state index contributed by atoms with van der Waals surface area (Å²) in [6.45, 7) is -1.84. The van der Waals surface area contributed by atoms with Crippen LogP contribution in [0.4, 0.5) is 23.2 Å². The molecule has 172 valence electrons. The molecule has 2 bridgehead atoms. The zero-order valence-electron chi connectivity index (χ0n) is 16.2. The molecule has 32 heavy (non-hydrogen) atoms. The molecule has 3 aliphatic carbocycles. The number of nitrogens with one attached hydrogen (secondary N) is 2. The van der Waals surface area contributed by atoms with E-state index in [0.29, 0.717) is 19.3 Å². The summed E-state index contributed by atoms with van der Waals surface area (Å²) in [4.78, 5) is 24.2. The van der Waals surface area contributed by atoms with Crippen LogP contribution in [0.2, 0.25) is 10.0 Å². The average Bonchev–Trinajstić information content (AvgIpc) is 2.64. The van der Waals surface area contributed by atoms with Crippen LogP contribution in [-0.2, 0) is 11.3 Å². The van der Waals surface area contributed by atoms with E-state index in [-0.39, 0.29) is 38.7 Å². The molecule has 1 heterocycles. The summed E-state index contributed by atoms with van der Waals surface area (Å²) < 4.78 is 56.4. The highest BCUT2D eigenvalue weighted by molar-refractivity contribution is 6.33. The molecule has 0 unspecified atom stereocenters. The van der Waals surface area contributed by atoms with Gasteiger partial charge in [0.2, 0.25) is 0 Å². The Bertz CT molecular complexity index is 1120. The number of alkyl halides is 3. The highest BCUT2D eigenvalue weighted by Crippen LogP contribution is 2.61. The summed E-state index contributed by atoms with van der Waals surface area (Å²) in [7, 11) is 0. The number of aromatic nitrogens is 2. The molecule has 2 aromatic rings. The van der Waals surface area contributed by atoms with E-state index in [0.717, 1.165) is 12.3 Å². The third-order valence-corrected chi connectivity index (χ3v) is 6.08. The SMILES string of the molecule is O=C(COc1ccc(Cl)c(F)c1)NC12CC(Nc3cnn(CC(F)(F)F)c(=O)c3Cl)(C1)C2. The number of hydrogen-bond donors (Lipinski definition) is 2. The van der Waals surface area contributed by atoms with Gasteiger partial charge < -0.3 is 15.4 Å². The Morgan fingerprint density at radius 3 is 2.53 bits per heavy atom. The van der Waals surface area contributed by atoms with Gasteiger partial charge in [0.15, 0.2) is 6.61 Å². The zero-order valence-corrected chi connectivity index (χ0v) is 17.7. The third kappa shape index (κ3) is 4.49. The lowest BCUT2D eigenvalue weighted by molar-refractivity contribution is -0.143. The van der Waals surface area contributed by atoms with Crippen LogP contribution in [0.5, 0.6) is 5.75 Å². The molecule has 0 saturated heterocycles. The van der Waals surface area contributed by atoms with Gasteiger partial charge in [0.1, 0.15) is 23.1 Å². The molecule has 13 heteroatoms. The average molecular weight is 495 g/mol. The van der Waals surface area contributed by atoms with Gasteiger partial charge in [0.25, 0.3) is 11.5 Å². The fourth-order valence-electron chi connectivity index (χ4n) is 4.22. The first-order chi connectivity index (χ1) is 14.9. The van der Waals surface area contributed by atoms with Gasteiger partial charge in [-0.1, -0.05) is 23.2 Å². The maximum Gasteiger partial charge on any atom is 0.408 e. The Kier molecular flexibility index (Phi) is 5.52. The van der Waals surface area contributed by atoms with E-state index >= 15 is 0 Å². The third-order valence-electron chi connectivity index (χ3n) is 5.41. The van der Waals surface area contributed by atoms with Crippen LogP contribution in [0.25, 0.3) is 0 Å². The van der Waals surface area contributed by atoms with Crippen LogP contribution in [-0.4, -0.2) is 39.5 Å². The van der Waals surface area contributed by atoms with Crippen LogP contribution >= 0.6 is 23.2 Å². The molecule has 1 aromatic heterocycles. The molecule has 0 radical (unpaired) electrons. The lowest BCUT2D eigenvalue weighted by Crippen LogP contribution is -2.81. The van der Waals surface area contributed by atoms with Gasteiger partial charge in [0.05, 0.1) is 16.9 Å². The molecule has 7 nitrogen and oxygen atoms in total. The molecule has 3 aliphatic rings. The van der Waals surface area contributed by atoms with Crippen molar-refractivity contribution in [2.45, 2.75) is 43.1 Å². The molecular weight excluding hydrogens is 479 g/mol. The molecular formula is C19H16Cl2F4N4O3. The molecule has 5 rings (SSSR count). The van der Waals surface area contributed by atoms with Crippen LogP contribution < -0.4 is 20.9 Å². The largest absolute Gasteiger partial charge is 0.484 e. The fourth-order valence-corrected chi connectivity index (χ4v) is 4.53. The van der Waals surface area contributed by atoms with Crippen LogP contribution in [0.15, 0.2) is 29.2 Å². The van der Waals surface area contributed by atoms with Crippen molar-refractivity contribution in [2.24, 2.45) is 0 Å². The molecule has 3 saturated carbocycles. The van der Waals surface area contributed by atoms with E-state index in [1.54, 1.807) is 0 Å². The van der Waals surface area contributed by atoms with Gasteiger partial charge in [0, 0.05) is 17.1 Å². The van der Waals surface area contributed by atoms with Gasteiger partial charge in [-0.15, -0.1) is 0 Å². The van der Waals surface area contributed by atoms with Crippen molar-refractivity contribution in [1.29, 1.82) is 0 Å². The quantitative estimate of drug-likeness (QED) is 0.575. The second kappa shape index (κ2) is 7.80. The summed E-state index contributed by atoms with van der Waals surface area (Å²) >= 11 is 11.5. The van der Waals surface area contributed by atoms with E-state index in [1.165, 1.54) is 12.1 Å². The lowest BCUT2D eigenvalue weighted by Gasteiger charge is -2.70. The van der Waals surface area contributed by atoms with Crippen molar-refractivity contribution in [2.75, 3.05) is 11.9 Å².